The maximum absolute atomic E-state index is 13.8. The zero-order valence-corrected chi connectivity index (χ0v) is 29.0. The van der Waals surface area contributed by atoms with Gasteiger partial charge in [-0.3, -0.25) is 9.59 Å². The zero-order chi connectivity index (χ0) is 39.8. The summed E-state index contributed by atoms with van der Waals surface area (Å²) >= 11 is 1.10. The lowest BCUT2D eigenvalue weighted by molar-refractivity contribution is -0.193. The molecule has 20 heteroatoms. The number of rotatable bonds is 13. The number of thiazole rings is 1. The Balaban J connectivity index is 0.000000587. The molecule has 6 N–H and O–H groups in total. The van der Waals surface area contributed by atoms with Crippen LogP contribution in [0, 0.1) is 11.6 Å². The Morgan fingerprint density at radius 2 is 1.36 bits per heavy atom. The average Bonchev–Trinajstić information content (AvgIpc) is 3.28. The number of halogens is 8. The first-order valence-electron chi connectivity index (χ1n) is 16.4. The van der Waals surface area contributed by atoms with E-state index in [-0.39, 0.29) is 22.6 Å². The number of H-pyrrole nitrogens is 1. The smallest absolute Gasteiger partial charge is 0.490 e. The second kappa shape index (κ2) is 21.4. The van der Waals surface area contributed by atoms with Crippen molar-refractivity contribution in [1.82, 2.24) is 20.5 Å². The van der Waals surface area contributed by atoms with Crippen LogP contribution < -0.4 is 15.5 Å². The van der Waals surface area contributed by atoms with E-state index in [0.29, 0.717) is 63.1 Å². The number of nitrogens with one attached hydrogen (secondary N) is 3. The van der Waals surface area contributed by atoms with Gasteiger partial charge < -0.3 is 35.8 Å². The standard InChI is InChI=1S/C29H38F2N4O3S.2C2HF3O2/c30-23-9-5-6-20(26(23)31)12-15-32-17-14-25(37)35(22-7-3-1-2-4-8-22)19-18-33-16-13-21-10-11-24(36)27-28(21)39-29(38)34-27;2*3-2(4,5)1(6)7/h5-6,9-11,22,32-33,36H,1-4,7-8,12-19H2,(H,34,38);2*(H,6,7). The Morgan fingerprint density at radius 3 is 1.92 bits per heavy atom. The van der Waals surface area contributed by atoms with Crippen LogP contribution in [0.25, 0.3) is 10.2 Å². The molecule has 4 rings (SSSR count). The number of carboxylic acids is 2. The molecule has 0 spiro atoms. The largest absolute Gasteiger partial charge is 0.506 e. The van der Waals surface area contributed by atoms with E-state index >= 15 is 0 Å². The molecule has 11 nitrogen and oxygen atoms in total. The van der Waals surface area contributed by atoms with E-state index in [1.54, 1.807) is 12.1 Å². The van der Waals surface area contributed by atoms with E-state index in [1.807, 2.05) is 11.0 Å². The molecule has 0 unspecified atom stereocenters. The SMILES string of the molecule is O=C(CCNCCc1cccc(F)c1F)N(CCNCCc1ccc(O)c2[nH]c(=O)sc12)C1CCCCCC1.O=C(O)C(F)(F)F.O=C(O)C(F)(F)F. The fourth-order valence-electron chi connectivity index (χ4n) is 5.33. The van der Waals surface area contributed by atoms with E-state index < -0.39 is 35.9 Å². The number of phenols is 1. The summed E-state index contributed by atoms with van der Waals surface area (Å²) in [6, 6.07) is 7.90. The van der Waals surface area contributed by atoms with Gasteiger partial charge in [-0.15, -0.1) is 0 Å². The van der Waals surface area contributed by atoms with Crippen molar-refractivity contribution in [3.63, 3.8) is 0 Å². The molecule has 0 bridgehead atoms. The highest BCUT2D eigenvalue weighted by Gasteiger charge is 2.39. The van der Waals surface area contributed by atoms with E-state index in [4.69, 9.17) is 19.8 Å². The third-order valence-electron chi connectivity index (χ3n) is 7.93. The number of alkyl halides is 6. The van der Waals surface area contributed by atoms with Crippen molar-refractivity contribution in [3.05, 3.63) is 62.8 Å². The molecule has 0 radical (unpaired) electrons. The molecule has 3 aromatic rings. The molecule has 0 saturated heterocycles. The number of benzene rings is 2. The predicted molar refractivity (Wildman–Crippen MR) is 179 cm³/mol. The average molecular weight is 789 g/mol. The number of aromatic amines is 1. The van der Waals surface area contributed by atoms with Crippen LogP contribution in [-0.4, -0.2) is 94.2 Å². The van der Waals surface area contributed by atoms with Crippen LogP contribution in [0.4, 0.5) is 35.1 Å². The van der Waals surface area contributed by atoms with Gasteiger partial charge in [-0.2, -0.15) is 26.3 Å². The van der Waals surface area contributed by atoms with Crippen LogP contribution >= 0.6 is 11.3 Å². The number of phenolic OH excluding ortho intramolecular Hbond substituents is 1. The summed E-state index contributed by atoms with van der Waals surface area (Å²) in [6.07, 6.45) is -2.00. The van der Waals surface area contributed by atoms with Crippen molar-refractivity contribution in [2.75, 3.05) is 32.7 Å². The van der Waals surface area contributed by atoms with Crippen LogP contribution in [0.1, 0.15) is 56.1 Å². The summed E-state index contributed by atoms with van der Waals surface area (Å²) in [5, 5.41) is 30.9. The van der Waals surface area contributed by atoms with Crippen LogP contribution in [0.2, 0.25) is 0 Å². The maximum Gasteiger partial charge on any atom is 0.490 e. The van der Waals surface area contributed by atoms with Gasteiger partial charge in [0.1, 0.15) is 11.3 Å². The van der Waals surface area contributed by atoms with E-state index in [2.05, 4.69) is 15.6 Å². The van der Waals surface area contributed by atoms with E-state index in [0.717, 1.165) is 53.3 Å². The van der Waals surface area contributed by atoms with Gasteiger partial charge in [-0.05, 0) is 62.0 Å². The van der Waals surface area contributed by atoms with Crippen LogP contribution in [0.3, 0.4) is 0 Å². The molecule has 53 heavy (non-hydrogen) atoms. The minimum atomic E-state index is -5.08. The highest BCUT2D eigenvalue weighted by Crippen LogP contribution is 2.28. The zero-order valence-electron chi connectivity index (χ0n) is 28.2. The number of hydrogen-bond donors (Lipinski definition) is 6. The lowest BCUT2D eigenvalue weighted by Crippen LogP contribution is -2.45. The third-order valence-corrected chi connectivity index (χ3v) is 8.89. The summed E-state index contributed by atoms with van der Waals surface area (Å²) in [4.78, 5) is 47.3. The number of aromatic nitrogens is 1. The summed E-state index contributed by atoms with van der Waals surface area (Å²) in [5.41, 5.74) is 1.82. The minimum absolute atomic E-state index is 0.0771. The fraction of sp³-hybridized carbons (Fsp3) is 0.515. The Labute approximate surface area is 302 Å². The van der Waals surface area contributed by atoms with Crippen molar-refractivity contribution in [3.8, 4) is 5.75 Å². The molecule has 1 amide bonds. The first-order valence-corrected chi connectivity index (χ1v) is 17.2. The second-order valence-corrected chi connectivity index (χ2v) is 12.7. The Kier molecular flexibility index (Phi) is 18.1. The molecule has 1 aliphatic rings. The first-order chi connectivity index (χ1) is 24.8. The number of nitrogens with zero attached hydrogens (tertiary/aromatic N) is 1. The molecule has 1 saturated carbocycles. The van der Waals surface area contributed by atoms with Crippen LogP contribution in [0.5, 0.6) is 5.75 Å². The second-order valence-electron chi connectivity index (χ2n) is 11.8. The lowest BCUT2D eigenvalue weighted by atomic mass is 10.1. The number of carbonyl (C=O) groups excluding carboxylic acids is 1. The number of carboxylic acid groups (broad SMARTS) is 2. The number of carbonyl (C=O) groups is 3. The molecule has 0 aliphatic heterocycles. The van der Waals surface area contributed by atoms with Gasteiger partial charge in [-0.25, -0.2) is 18.4 Å². The first kappa shape index (κ1) is 44.9. The molecule has 296 valence electrons. The summed E-state index contributed by atoms with van der Waals surface area (Å²) < 4.78 is 91.5. The molecular formula is C33H40F8N4O7S. The van der Waals surface area contributed by atoms with Gasteiger partial charge in [0.2, 0.25) is 5.91 Å². The number of aliphatic carboxylic acids is 2. The monoisotopic (exact) mass is 788 g/mol. The molecule has 1 aliphatic carbocycles. The van der Waals surface area contributed by atoms with E-state index in [9.17, 15) is 49.8 Å². The topological polar surface area (TPSA) is 172 Å². The summed E-state index contributed by atoms with van der Waals surface area (Å²) in [6.45, 7) is 2.94. The number of fused-ring (bicyclic) bond motifs is 1. The van der Waals surface area contributed by atoms with Crippen molar-refractivity contribution in [2.45, 2.75) is 76.2 Å². The van der Waals surface area contributed by atoms with Gasteiger partial charge in [0.25, 0.3) is 0 Å². The lowest BCUT2D eigenvalue weighted by Gasteiger charge is -2.32. The van der Waals surface area contributed by atoms with E-state index in [1.165, 1.54) is 18.9 Å². The Bertz CT molecular complexity index is 1670. The molecule has 2 aromatic carbocycles. The van der Waals surface area contributed by atoms with Crippen molar-refractivity contribution < 1.29 is 64.8 Å². The Hall–Kier alpha value is -4.30. The maximum atomic E-state index is 13.8. The third kappa shape index (κ3) is 15.7. The highest BCUT2D eigenvalue weighted by atomic mass is 32.1. The van der Waals surface area contributed by atoms with Crippen LogP contribution in [-0.2, 0) is 27.2 Å². The predicted octanol–water partition coefficient (Wildman–Crippen LogP) is 5.75. The normalized spacial score (nSPS) is 13.7. The molecule has 1 aromatic heterocycles. The highest BCUT2D eigenvalue weighted by molar-refractivity contribution is 7.16. The molecule has 0 atom stereocenters. The van der Waals surface area contributed by atoms with Crippen molar-refractivity contribution in [1.29, 1.82) is 0 Å². The molecule has 1 heterocycles. The van der Waals surface area contributed by atoms with Gasteiger partial charge in [0, 0.05) is 32.1 Å². The van der Waals surface area contributed by atoms with Gasteiger partial charge in [0.15, 0.2) is 11.6 Å². The number of amides is 1. The summed E-state index contributed by atoms with van der Waals surface area (Å²) in [5.74, 6) is -6.96. The van der Waals surface area contributed by atoms with Crippen molar-refractivity contribution >= 4 is 39.4 Å². The number of aromatic hydroxyl groups is 1. The summed E-state index contributed by atoms with van der Waals surface area (Å²) in [7, 11) is 0. The molecular weight excluding hydrogens is 748 g/mol. The van der Waals surface area contributed by atoms with Crippen molar-refractivity contribution in [2.24, 2.45) is 0 Å². The van der Waals surface area contributed by atoms with Crippen LogP contribution in [0.15, 0.2) is 35.1 Å². The van der Waals surface area contributed by atoms with Gasteiger partial charge >= 0.3 is 29.2 Å². The van der Waals surface area contributed by atoms with Gasteiger partial charge in [-0.1, -0.05) is 55.2 Å². The fourth-order valence-corrected chi connectivity index (χ4v) is 6.22. The quantitative estimate of drug-likeness (QED) is 0.0718. The van der Waals surface area contributed by atoms with Gasteiger partial charge in [0.05, 0.1) is 4.70 Å². The minimum Gasteiger partial charge on any atom is -0.506 e. The number of hydrogen-bond acceptors (Lipinski definition) is 8. The molecule has 1 fully saturated rings. The Morgan fingerprint density at radius 1 is 0.811 bits per heavy atom.